The van der Waals surface area contributed by atoms with Crippen LogP contribution >= 0.6 is 0 Å². The van der Waals surface area contributed by atoms with E-state index < -0.39 is 0 Å². The number of aryl methyl sites for hydroxylation is 2. The van der Waals surface area contributed by atoms with Gasteiger partial charge in [-0.25, -0.2) is 4.98 Å². The molecular formula is C14H19N5O2. The molecule has 0 radical (unpaired) electrons. The molecule has 1 saturated heterocycles. The Morgan fingerprint density at radius 3 is 2.86 bits per heavy atom. The zero-order valence-electron chi connectivity index (χ0n) is 12.4. The number of methoxy groups -OCH3 is 1. The minimum absolute atomic E-state index is 0.0209. The van der Waals surface area contributed by atoms with Crippen molar-refractivity contribution in [2.24, 2.45) is 0 Å². The Labute approximate surface area is 122 Å². The summed E-state index contributed by atoms with van der Waals surface area (Å²) in [4.78, 5) is 22.2. The second-order valence-electron chi connectivity index (χ2n) is 5.37. The first-order valence-electron chi connectivity index (χ1n) is 6.96. The van der Waals surface area contributed by atoms with E-state index in [0.717, 1.165) is 23.6 Å². The van der Waals surface area contributed by atoms with Crippen LogP contribution in [-0.2, 0) is 4.74 Å². The van der Waals surface area contributed by atoms with E-state index in [1.54, 1.807) is 24.3 Å². The number of aromatic amines is 2. The maximum absolute atomic E-state index is 12.6. The number of aromatic nitrogens is 4. The highest BCUT2D eigenvalue weighted by Crippen LogP contribution is 2.33. The number of carbonyl (C=O) groups excluding carboxylic acids is 1. The van der Waals surface area contributed by atoms with Crippen LogP contribution in [-0.4, -0.2) is 50.7 Å². The number of ether oxygens (including phenoxy) is 1. The standard InChI is InChI=1S/C14H19N5O2/c1-8-9(2)17-13(16-8)12-6-10(21-3)7-19(12)14(20)11-4-5-15-18-11/h4-5,10,12H,6-7H2,1-3H3,(H,15,18)(H,16,17)/t10-,12+/m1/s1. The first kappa shape index (κ1) is 13.8. The van der Waals surface area contributed by atoms with Gasteiger partial charge in [0.2, 0.25) is 0 Å². The lowest BCUT2D eigenvalue weighted by atomic mass is 10.2. The minimum atomic E-state index is -0.0989. The zero-order chi connectivity index (χ0) is 15.0. The number of nitrogens with one attached hydrogen (secondary N) is 2. The predicted molar refractivity (Wildman–Crippen MR) is 75.8 cm³/mol. The van der Waals surface area contributed by atoms with Crippen molar-refractivity contribution in [3.8, 4) is 0 Å². The molecule has 0 saturated carbocycles. The first-order valence-corrected chi connectivity index (χ1v) is 6.96. The smallest absolute Gasteiger partial charge is 0.272 e. The van der Waals surface area contributed by atoms with Gasteiger partial charge >= 0.3 is 0 Å². The summed E-state index contributed by atoms with van der Waals surface area (Å²) in [6.45, 7) is 4.49. The number of nitrogens with zero attached hydrogens (tertiary/aromatic N) is 3. The van der Waals surface area contributed by atoms with E-state index in [1.807, 2.05) is 13.8 Å². The molecule has 2 atom stereocenters. The average Bonchev–Trinajstić information content (AvgIpc) is 3.18. The number of H-pyrrole nitrogens is 2. The van der Waals surface area contributed by atoms with Gasteiger partial charge in [-0.05, 0) is 19.9 Å². The van der Waals surface area contributed by atoms with Gasteiger partial charge in [0.1, 0.15) is 11.5 Å². The van der Waals surface area contributed by atoms with E-state index in [2.05, 4.69) is 20.2 Å². The number of imidazole rings is 1. The van der Waals surface area contributed by atoms with Crippen LogP contribution in [0.5, 0.6) is 0 Å². The molecule has 0 bridgehead atoms. The van der Waals surface area contributed by atoms with E-state index >= 15 is 0 Å². The fourth-order valence-electron chi connectivity index (χ4n) is 2.71. The van der Waals surface area contributed by atoms with Crippen LogP contribution in [0.15, 0.2) is 12.3 Å². The number of hydrogen-bond donors (Lipinski definition) is 2. The van der Waals surface area contributed by atoms with E-state index in [9.17, 15) is 4.79 Å². The topological polar surface area (TPSA) is 86.9 Å². The van der Waals surface area contributed by atoms with Crippen LogP contribution in [0.4, 0.5) is 0 Å². The quantitative estimate of drug-likeness (QED) is 0.893. The van der Waals surface area contributed by atoms with Crippen molar-refractivity contribution in [1.82, 2.24) is 25.1 Å². The minimum Gasteiger partial charge on any atom is -0.380 e. The van der Waals surface area contributed by atoms with E-state index in [1.165, 1.54) is 0 Å². The van der Waals surface area contributed by atoms with Crippen molar-refractivity contribution in [3.05, 3.63) is 35.2 Å². The second kappa shape index (κ2) is 5.33. The summed E-state index contributed by atoms with van der Waals surface area (Å²) in [6.07, 6.45) is 2.34. The van der Waals surface area contributed by atoms with E-state index in [4.69, 9.17) is 4.74 Å². The third kappa shape index (κ3) is 2.44. The van der Waals surface area contributed by atoms with Gasteiger partial charge in [0.05, 0.1) is 17.8 Å². The SMILES string of the molecule is CO[C@@H]1C[C@@H](c2nc(C)c(C)[nH]2)N(C(=O)c2ccn[nH]2)C1. The largest absolute Gasteiger partial charge is 0.380 e. The molecule has 1 aliphatic rings. The molecule has 7 heteroatoms. The summed E-state index contributed by atoms with van der Waals surface area (Å²) in [5, 5.41) is 6.57. The lowest BCUT2D eigenvalue weighted by Crippen LogP contribution is -2.32. The molecule has 1 aliphatic heterocycles. The monoisotopic (exact) mass is 289 g/mol. The van der Waals surface area contributed by atoms with Crippen LogP contribution in [0.1, 0.15) is 40.2 Å². The Morgan fingerprint density at radius 1 is 1.48 bits per heavy atom. The fraction of sp³-hybridized carbons (Fsp3) is 0.500. The van der Waals surface area contributed by atoms with E-state index in [-0.39, 0.29) is 18.1 Å². The van der Waals surface area contributed by atoms with Crippen molar-refractivity contribution in [2.75, 3.05) is 13.7 Å². The highest BCUT2D eigenvalue weighted by Gasteiger charge is 2.38. The molecule has 112 valence electrons. The lowest BCUT2D eigenvalue weighted by Gasteiger charge is -2.22. The van der Waals surface area contributed by atoms with Crippen molar-refractivity contribution >= 4 is 5.91 Å². The third-order valence-corrected chi connectivity index (χ3v) is 4.05. The summed E-state index contributed by atoms with van der Waals surface area (Å²) in [5.41, 5.74) is 2.47. The normalized spacial score (nSPS) is 22.0. The molecule has 3 heterocycles. The van der Waals surface area contributed by atoms with Crippen molar-refractivity contribution in [3.63, 3.8) is 0 Å². The summed E-state index contributed by atoms with van der Waals surface area (Å²) in [5.74, 6) is 0.737. The third-order valence-electron chi connectivity index (χ3n) is 4.05. The first-order chi connectivity index (χ1) is 10.1. The summed E-state index contributed by atoms with van der Waals surface area (Å²) in [6, 6.07) is 1.58. The Kier molecular flexibility index (Phi) is 3.50. The lowest BCUT2D eigenvalue weighted by molar-refractivity contribution is 0.0679. The van der Waals surface area contributed by atoms with Crippen LogP contribution in [0.25, 0.3) is 0 Å². The average molecular weight is 289 g/mol. The van der Waals surface area contributed by atoms with Crippen molar-refractivity contribution < 1.29 is 9.53 Å². The molecule has 3 rings (SSSR count). The fourth-order valence-corrected chi connectivity index (χ4v) is 2.71. The number of rotatable bonds is 3. The zero-order valence-corrected chi connectivity index (χ0v) is 12.4. The number of likely N-dealkylation sites (tertiary alicyclic amines) is 1. The van der Waals surface area contributed by atoms with Gasteiger partial charge in [-0.15, -0.1) is 0 Å². The molecule has 0 unspecified atom stereocenters. The van der Waals surface area contributed by atoms with Crippen LogP contribution < -0.4 is 0 Å². The summed E-state index contributed by atoms with van der Waals surface area (Å²) in [7, 11) is 1.67. The highest BCUT2D eigenvalue weighted by molar-refractivity contribution is 5.92. The number of amides is 1. The van der Waals surface area contributed by atoms with E-state index in [0.29, 0.717) is 12.2 Å². The molecule has 2 N–H and O–H groups in total. The van der Waals surface area contributed by atoms with Gasteiger partial charge in [-0.2, -0.15) is 5.10 Å². The Balaban J connectivity index is 1.91. The molecule has 7 nitrogen and oxygen atoms in total. The highest BCUT2D eigenvalue weighted by atomic mass is 16.5. The predicted octanol–water partition coefficient (Wildman–Crippen LogP) is 1.35. The Bertz CT molecular complexity index is 614. The Hall–Kier alpha value is -2.15. The maximum Gasteiger partial charge on any atom is 0.272 e. The van der Waals surface area contributed by atoms with Crippen LogP contribution in [0.3, 0.4) is 0 Å². The molecular weight excluding hydrogens is 270 g/mol. The maximum atomic E-state index is 12.6. The van der Waals surface area contributed by atoms with Gasteiger partial charge < -0.3 is 14.6 Å². The molecule has 0 spiro atoms. The van der Waals surface area contributed by atoms with Gasteiger partial charge in [0, 0.05) is 32.0 Å². The molecule has 2 aromatic heterocycles. The molecule has 1 amide bonds. The van der Waals surface area contributed by atoms with Gasteiger partial charge in [-0.3, -0.25) is 9.89 Å². The van der Waals surface area contributed by atoms with Gasteiger partial charge in [0.15, 0.2) is 0 Å². The van der Waals surface area contributed by atoms with Crippen LogP contribution in [0, 0.1) is 13.8 Å². The second-order valence-corrected chi connectivity index (χ2v) is 5.37. The molecule has 0 aromatic carbocycles. The van der Waals surface area contributed by atoms with Crippen LogP contribution in [0.2, 0.25) is 0 Å². The molecule has 21 heavy (non-hydrogen) atoms. The number of hydrogen-bond acceptors (Lipinski definition) is 4. The summed E-state index contributed by atoms with van der Waals surface area (Å²) >= 11 is 0. The number of carbonyl (C=O) groups is 1. The molecule has 2 aromatic rings. The Morgan fingerprint density at radius 2 is 2.29 bits per heavy atom. The van der Waals surface area contributed by atoms with Gasteiger partial charge in [-0.1, -0.05) is 0 Å². The van der Waals surface area contributed by atoms with Gasteiger partial charge in [0.25, 0.3) is 5.91 Å². The van der Waals surface area contributed by atoms with Crippen molar-refractivity contribution in [2.45, 2.75) is 32.4 Å². The molecule has 1 fully saturated rings. The molecule has 0 aliphatic carbocycles. The van der Waals surface area contributed by atoms with Crippen molar-refractivity contribution in [1.29, 1.82) is 0 Å². The summed E-state index contributed by atoms with van der Waals surface area (Å²) < 4.78 is 5.44.